The SMILES string of the molecule is Cc1nc(C2(OCC3CC3)CCC(C#N)(c3ccccc3)CC2)nn1C1CCC1. The summed E-state index contributed by atoms with van der Waals surface area (Å²) in [6, 6.07) is 13.4. The van der Waals surface area contributed by atoms with E-state index in [1.54, 1.807) is 0 Å². The van der Waals surface area contributed by atoms with Gasteiger partial charge in [0.15, 0.2) is 5.82 Å². The smallest absolute Gasteiger partial charge is 0.182 e. The van der Waals surface area contributed by atoms with Crippen LogP contribution in [0.2, 0.25) is 0 Å². The molecule has 0 unspecified atom stereocenters. The molecule has 0 atom stereocenters. The van der Waals surface area contributed by atoms with Crippen LogP contribution in [0.25, 0.3) is 0 Å². The number of ether oxygens (including phenoxy) is 1. The molecule has 1 aromatic heterocycles. The summed E-state index contributed by atoms with van der Waals surface area (Å²) in [6.45, 7) is 2.86. The molecule has 5 rings (SSSR count). The van der Waals surface area contributed by atoms with Crippen LogP contribution in [0.1, 0.15) is 81.0 Å². The van der Waals surface area contributed by atoms with E-state index < -0.39 is 11.0 Å². The summed E-state index contributed by atoms with van der Waals surface area (Å²) in [7, 11) is 0. The zero-order chi connectivity index (χ0) is 19.9. The summed E-state index contributed by atoms with van der Waals surface area (Å²) in [6.07, 6.45) is 9.40. The van der Waals surface area contributed by atoms with Gasteiger partial charge in [-0.2, -0.15) is 10.4 Å². The van der Waals surface area contributed by atoms with Crippen LogP contribution in [0.5, 0.6) is 0 Å². The van der Waals surface area contributed by atoms with Crippen molar-refractivity contribution < 1.29 is 4.74 Å². The van der Waals surface area contributed by atoms with Crippen LogP contribution in [-0.2, 0) is 15.8 Å². The van der Waals surface area contributed by atoms with E-state index in [1.165, 1.54) is 32.1 Å². The van der Waals surface area contributed by atoms with Gasteiger partial charge in [-0.15, -0.1) is 0 Å². The van der Waals surface area contributed by atoms with Gasteiger partial charge in [0.1, 0.15) is 11.4 Å². The minimum atomic E-state index is -0.447. The molecule has 3 fully saturated rings. The predicted molar refractivity (Wildman–Crippen MR) is 110 cm³/mol. The van der Waals surface area contributed by atoms with Gasteiger partial charge in [-0.1, -0.05) is 30.3 Å². The topological polar surface area (TPSA) is 63.7 Å². The molecule has 5 nitrogen and oxygen atoms in total. The van der Waals surface area contributed by atoms with E-state index in [9.17, 15) is 5.26 Å². The lowest BCUT2D eigenvalue weighted by Crippen LogP contribution is -2.42. The average molecular weight is 391 g/mol. The fraction of sp³-hybridized carbons (Fsp3) is 0.625. The van der Waals surface area contributed by atoms with E-state index in [2.05, 4.69) is 29.8 Å². The van der Waals surface area contributed by atoms with Gasteiger partial charge in [-0.3, -0.25) is 0 Å². The molecule has 3 aliphatic rings. The Morgan fingerprint density at radius 1 is 1.10 bits per heavy atom. The Morgan fingerprint density at radius 3 is 2.41 bits per heavy atom. The molecule has 0 spiro atoms. The maximum absolute atomic E-state index is 10.1. The first-order chi connectivity index (χ1) is 14.1. The van der Waals surface area contributed by atoms with Crippen LogP contribution >= 0.6 is 0 Å². The van der Waals surface area contributed by atoms with Gasteiger partial charge in [0.2, 0.25) is 0 Å². The highest BCUT2D eigenvalue weighted by Crippen LogP contribution is 2.49. The first-order valence-electron chi connectivity index (χ1n) is 11.2. The van der Waals surface area contributed by atoms with Gasteiger partial charge in [-0.05, 0) is 76.2 Å². The molecular formula is C24H30N4O. The van der Waals surface area contributed by atoms with E-state index in [1.807, 2.05) is 18.2 Å². The Morgan fingerprint density at radius 2 is 1.83 bits per heavy atom. The third-order valence-corrected chi connectivity index (χ3v) is 7.37. The average Bonchev–Trinajstić information content (AvgIpc) is 3.48. The summed E-state index contributed by atoms with van der Waals surface area (Å²) in [5.74, 6) is 2.54. The first kappa shape index (κ1) is 18.8. The minimum absolute atomic E-state index is 0.431. The van der Waals surface area contributed by atoms with Crippen molar-refractivity contribution >= 4 is 0 Å². The van der Waals surface area contributed by atoms with Crippen molar-refractivity contribution in [2.75, 3.05) is 6.61 Å². The monoisotopic (exact) mass is 390 g/mol. The molecule has 0 aliphatic heterocycles. The van der Waals surface area contributed by atoms with Crippen molar-refractivity contribution in [2.24, 2.45) is 5.92 Å². The largest absolute Gasteiger partial charge is 0.367 e. The molecule has 5 heteroatoms. The Balaban J connectivity index is 1.43. The van der Waals surface area contributed by atoms with Crippen molar-refractivity contribution in [1.29, 1.82) is 5.26 Å². The fourth-order valence-electron chi connectivity index (χ4n) is 4.87. The zero-order valence-corrected chi connectivity index (χ0v) is 17.3. The number of benzene rings is 1. The highest BCUT2D eigenvalue weighted by atomic mass is 16.5. The maximum Gasteiger partial charge on any atom is 0.182 e. The number of hydrogen-bond donors (Lipinski definition) is 0. The Labute approximate surface area is 173 Å². The molecule has 0 bridgehead atoms. The molecule has 1 heterocycles. The lowest BCUT2D eigenvalue weighted by molar-refractivity contribution is -0.0941. The molecule has 0 amide bonds. The molecule has 0 saturated heterocycles. The Bertz CT molecular complexity index is 897. The van der Waals surface area contributed by atoms with Crippen LogP contribution < -0.4 is 0 Å². The molecule has 0 N–H and O–H groups in total. The van der Waals surface area contributed by atoms with E-state index in [0.29, 0.717) is 12.0 Å². The maximum atomic E-state index is 10.1. The standard InChI is InChI=1S/C24H30N4O/c1-18-26-22(27-28(18)21-8-5-9-21)24(29-16-19-10-11-19)14-12-23(17-25,13-15-24)20-6-3-2-4-7-20/h2-4,6-7,19,21H,5,8-16H2,1H3. The van der Waals surface area contributed by atoms with Crippen molar-refractivity contribution in [3.8, 4) is 6.07 Å². The molecule has 0 radical (unpaired) electrons. The van der Waals surface area contributed by atoms with Gasteiger partial charge < -0.3 is 4.74 Å². The van der Waals surface area contributed by atoms with E-state index in [-0.39, 0.29) is 0 Å². The molecule has 3 saturated carbocycles. The first-order valence-corrected chi connectivity index (χ1v) is 11.2. The Hall–Kier alpha value is -2.19. The van der Waals surface area contributed by atoms with Crippen LogP contribution in [-0.4, -0.2) is 21.4 Å². The van der Waals surface area contributed by atoms with Gasteiger partial charge in [0.05, 0.1) is 24.1 Å². The highest BCUT2D eigenvalue weighted by Gasteiger charge is 2.48. The van der Waals surface area contributed by atoms with Crippen molar-refractivity contribution in [3.63, 3.8) is 0 Å². The lowest BCUT2D eigenvalue weighted by Gasteiger charge is -2.42. The summed E-state index contributed by atoms with van der Waals surface area (Å²) >= 11 is 0. The summed E-state index contributed by atoms with van der Waals surface area (Å²) in [5, 5.41) is 15.1. The number of rotatable bonds is 6. The van der Waals surface area contributed by atoms with E-state index in [0.717, 1.165) is 49.5 Å². The number of nitriles is 1. The predicted octanol–water partition coefficient (Wildman–Crippen LogP) is 4.97. The third-order valence-electron chi connectivity index (χ3n) is 7.37. The molecular weight excluding hydrogens is 360 g/mol. The number of aryl methyl sites for hydroxylation is 1. The van der Waals surface area contributed by atoms with E-state index in [4.69, 9.17) is 14.8 Å². The number of hydrogen-bond acceptors (Lipinski definition) is 4. The second-order valence-electron chi connectivity index (χ2n) is 9.32. The highest BCUT2D eigenvalue weighted by molar-refractivity contribution is 5.34. The van der Waals surface area contributed by atoms with Gasteiger partial charge in [0.25, 0.3) is 0 Å². The van der Waals surface area contributed by atoms with Gasteiger partial charge in [0, 0.05) is 0 Å². The molecule has 3 aliphatic carbocycles. The van der Waals surface area contributed by atoms with Crippen molar-refractivity contribution in [1.82, 2.24) is 14.8 Å². The second-order valence-corrected chi connectivity index (χ2v) is 9.32. The van der Waals surface area contributed by atoms with Gasteiger partial charge in [-0.25, -0.2) is 9.67 Å². The lowest BCUT2D eigenvalue weighted by atomic mass is 9.65. The Kier molecular flexibility index (Phi) is 4.70. The van der Waals surface area contributed by atoms with Crippen LogP contribution in [0, 0.1) is 24.2 Å². The molecule has 1 aromatic carbocycles. The fourth-order valence-corrected chi connectivity index (χ4v) is 4.87. The number of nitrogens with zero attached hydrogens (tertiary/aromatic N) is 4. The van der Waals surface area contributed by atoms with Crippen LogP contribution in [0.4, 0.5) is 0 Å². The van der Waals surface area contributed by atoms with Crippen molar-refractivity contribution in [3.05, 3.63) is 47.5 Å². The second kappa shape index (κ2) is 7.25. The number of aromatic nitrogens is 3. The van der Waals surface area contributed by atoms with Gasteiger partial charge >= 0.3 is 0 Å². The molecule has 152 valence electrons. The van der Waals surface area contributed by atoms with Crippen LogP contribution in [0.15, 0.2) is 30.3 Å². The quantitative estimate of drug-likeness (QED) is 0.699. The van der Waals surface area contributed by atoms with E-state index >= 15 is 0 Å². The van der Waals surface area contributed by atoms with Crippen molar-refractivity contribution in [2.45, 2.75) is 81.8 Å². The third kappa shape index (κ3) is 3.38. The summed E-state index contributed by atoms with van der Waals surface area (Å²) < 4.78 is 8.74. The summed E-state index contributed by atoms with van der Waals surface area (Å²) in [5.41, 5.74) is 0.249. The molecule has 29 heavy (non-hydrogen) atoms. The van der Waals surface area contributed by atoms with Crippen LogP contribution in [0.3, 0.4) is 0 Å². The minimum Gasteiger partial charge on any atom is -0.367 e. The summed E-state index contributed by atoms with van der Waals surface area (Å²) in [4.78, 5) is 4.90. The normalized spacial score (nSPS) is 29.9. The zero-order valence-electron chi connectivity index (χ0n) is 17.3. The molecule has 2 aromatic rings.